The van der Waals surface area contributed by atoms with E-state index in [9.17, 15) is 9.59 Å². The Bertz CT molecular complexity index is 1080. The molecule has 1 aromatic rings. The summed E-state index contributed by atoms with van der Waals surface area (Å²) in [5.41, 5.74) is 1.12. The number of carbonyl (C=O) groups is 2. The molecule has 0 radical (unpaired) electrons. The molecule has 1 aromatic heterocycles. The van der Waals surface area contributed by atoms with Gasteiger partial charge in [0.05, 0.1) is 5.69 Å². The van der Waals surface area contributed by atoms with E-state index in [4.69, 9.17) is 0 Å². The molecule has 0 aromatic carbocycles. The van der Waals surface area contributed by atoms with Crippen molar-refractivity contribution in [3.63, 3.8) is 0 Å². The maximum Gasteiger partial charge on any atom is 0.227 e. The normalized spacial score (nSPS) is 15.7. The van der Waals surface area contributed by atoms with Crippen LogP contribution in [-0.4, -0.2) is 35.9 Å². The van der Waals surface area contributed by atoms with Crippen LogP contribution in [0.3, 0.4) is 0 Å². The minimum absolute atomic E-state index is 0.0299. The molecule has 42 heavy (non-hydrogen) atoms. The van der Waals surface area contributed by atoms with Gasteiger partial charge in [0.2, 0.25) is 11.8 Å². The van der Waals surface area contributed by atoms with Crippen molar-refractivity contribution in [3.8, 4) is 0 Å². The van der Waals surface area contributed by atoms with Gasteiger partial charge < -0.3 is 16.0 Å². The molecule has 230 valence electrons. The Hall–Kier alpha value is -3.03. The molecule has 2 rings (SSSR count). The van der Waals surface area contributed by atoms with Crippen LogP contribution in [0.1, 0.15) is 95.0 Å². The monoisotopic (exact) mass is 592 g/mol. The van der Waals surface area contributed by atoms with Crippen LogP contribution < -0.4 is 16.0 Å². The van der Waals surface area contributed by atoms with Crippen molar-refractivity contribution in [1.82, 2.24) is 15.6 Å². The largest absolute Gasteiger partial charge is 0.356 e. The number of fused-ring (bicyclic) bond motifs is 1. The zero-order valence-corrected chi connectivity index (χ0v) is 26.6. The molecule has 0 bridgehead atoms. The van der Waals surface area contributed by atoms with Crippen LogP contribution in [0.5, 0.6) is 0 Å². The number of hydrogen-bond acceptors (Lipinski definition) is 5. The third-order valence-corrected chi connectivity index (χ3v) is 7.71. The molecule has 0 spiro atoms. The SMILES string of the molecule is CC/C=C\C/C=C\C/C=C\C/C=C\C/C=C\C/C=C\CCC(=O)NCCC(=O)Nc1nc2c(s1)CC(NCCC)CC2. The maximum absolute atomic E-state index is 12.3. The second-order valence-electron chi connectivity index (χ2n) is 10.4. The van der Waals surface area contributed by atoms with Gasteiger partial charge in [-0.3, -0.25) is 9.59 Å². The predicted molar refractivity (Wildman–Crippen MR) is 180 cm³/mol. The maximum atomic E-state index is 12.3. The van der Waals surface area contributed by atoms with Gasteiger partial charge in [0.1, 0.15) is 0 Å². The molecule has 2 amide bonds. The number of aromatic nitrogens is 1. The first-order chi connectivity index (χ1) is 20.6. The molecule has 0 saturated heterocycles. The number of anilines is 1. The lowest BCUT2D eigenvalue weighted by molar-refractivity contribution is -0.121. The van der Waals surface area contributed by atoms with Gasteiger partial charge >= 0.3 is 0 Å². The van der Waals surface area contributed by atoms with Crippen LogP contribution in [0.2, 0.25) is 0 Å². The van der Waals surface area contributed by atoms with Gasteiger partial charge in [-0.15, -0.1) is 11.3 Å². The fourth-order valence-corrected chi connectivity index (χ4v) is 5.49. The Balaban J connectivity index is 1.46. The summed E-state index contributed by atoms with van der Waals surface area (Å²) >= 11 is 1.58. The van der Waals surface area contributed by atoms with Gasteiger partial charge in [-0.2, -0.15) is 0 Å². The lowest BCUT2D eigenvalue weighted by Gasteiger charge is -2.21. The number of aryl methyl sites for hydroxylation is 1. The Morgan fingerprint density at radius 3 is 1.98 bits per heavy atom. The highest BCUT2D eigenvalue weighted by Crippen LogP contribution is 2.29. The first kappa shape index (κ1) is 35.2. The number of carbonyl (C=O) groups excluding carboxylic acids is 2. The lowest BCUT2D eigenvalue weighted by Crippen LogP contribution is -2.34. The van der Waals surface area contributed by atoms with Crippen molar-refractivity contribution < 1.29 is 9.59 Å². The summed E-state index contributed by atoms with van der Waals surface area (Å²) in [6.07, 6.45) is 37.5. The van der Waals surface area contributed by atoms with Crippen LogP contribution in [0.25, 0.3) is 0 Å². The van der Waals surface area contributed by atoms with Crippen LogP contribution in [0, 0.1) is 0 Å². The second-order valence-corrected chi connectivity index (χ2v) is 11.5. The van der Waals surface area contributed by atoms with Gasteiger partial charge in [0.25, 0.3) is 0 Å². The highest BCUT2D eigenvalue weighted by atomic mass is 32.1. The Morgan fingerprint density at radius 1 is 0.786 bits per heavy atom. The Kier molecular flexibility index (Phi) is 19.7. The summed E-state index contributed by atoms with van der Waals surface area (Å²) in [6.45, 7) is 5.70. The molecule has 1 heterocycles. The highest BCUT2D eigenvalue weighted by Gasteiger charge is 2.22. The molecule has 0 fully saturated rings. The van der Waals surface area contributed by atoms with Gasteiger partial charge in [-0.05, 0) is 77.2 Å². The second kappa shape index (κ2) is 23.5. The fourth-order valence-electron chi connectivity index (χ4n) is 4.39. The molecular formula is C35H52N4O2S. The number of thiazole rings is 1. The third kappa shape index (κ3) is 17.0. The van der Waals surface area contributed by atoms with Crippen molar-refractivity contribution in [1.29, 1.82) is 0 Å². The van der Waals surface area contributed by atoms with E-state index in [0.717, 1.165) is 76.4 Å². The molecule has 1 aliphatic rings. The van der Waals surface area contributed by atoms with Gasteiger partial charge in [0, 0.05) is 30.3 Å². The van der Waals surface area contributed by atoms with E-state index >= 15 is 0 Å². The van der Waals surface area contributed by atoms with E-state index in [-0.39, 0.29) is 18.2 Å². The zero-order chi connectivity index (χ0) is 30.1. The topological polar surface area (TPSA) is 83.1 Å². The molecule has 1 atom stereocenters. The number of nitrogens with one attached hydrogen (secondary N) is 3. The summed E-state index contributed by atoms with van der Waals surface area (Å²) in [5.74, 6) is -0.142. The van der Waals surface area contributed by atoms with E-state index < -0.39 is 0 Å². The summed E-state index contributed by atoms with van der Waals surface area (Å²) in [6, 6.07) is 0.504. The minimum Gasteiger partial charge on any atom is -0.356 e. The van der Waals surface area contributed by atoms with Crippen molar-refractivity contribution in [2.24, 2.45) is 0 Å². The first-order valence-corrected chi connectivity index (χ1v) is 16.6. The predicted octanol–water partition coefficient (Wildman–Crippen LogP) is 7.92. The molecule has 1 unspecified atom stereocenters. The Morgan fingerprint density at radius 2 is 1.38 bits per heavy atom. The molecule has 1 aliphatic carbocycles. The third-order valence-electron chi connectivity index (χ3n) is 6.68. The lowest BCUT2D eigenvalue weighted by atomic mass is 9.98. The Labute approximate surface area is 258 Å². The first-order valence-electron chi connectivity index (χ1n) is 15.8. The minimum atomic E-state index is -0.112. The number of hydrogen-bond donors (Lipinski definition) is 3. The van der Waals surface area contributed by atoms with Crippen molar-refractivity contribution in [2.75, 3.05) is 18.4 Å². The zero-order valence-electron chi connectivity index (χ0n) is 25.8. The van der Waals surface area contributed by atoms with E-state index in [0.29, 0.717) is 30.6 Å². The van der Waals surface area contributed by atoms with Crippen molar-refractivity contribution >= 4 is 28.3 Å². The van der Waals surface area contributed by atoms with Gasteiger partial charge in [0.15, 0.2) is 5.13 Å². The van der Waals surface area contributed by atoms with E-state index in [1.807, 2.05) is 6.08 Å². The standard InChI is InChI=1S/C35H52N4O2S/c1-3-5-6-7-8-9-10-11-12-13-14-15-16-17-18-19-20-21-22-23-33(40)37-28-26-34(41)39-35-38-31-25-24-30(36-27-4-2)29-32(31)42-35/h5-6,8-9,11-12,14-15,17-18,20-21,30,36H,3-4,7,10,13,16,19,22-29H2,1-2H3,(H,37,40)(H,38,39,41)/b6-5-,9-8-,12-11-,15-14-,18-17-,21-20-. The molecule has 7 heteroatoms. The molecular weight excluding hydrogens is 540 g/mol. The van der Waals surface area contributed by atoms with Crippen LogP contribution in [-0.2, 0) is 22.4 Å². The van der Waals surface area contributed by atoms with E-state index in [2.05, 4.69) is 102 Å². The van der Waals surface area contributed by atoms with E-state index in [1.165, 1.54) is 4.88 Å². The molecule has 6 nitrogen and oxygen atoms in total. The summed E-state index contributed by atoms with van der Waals surface area (Å²) in [7, 11) is 0. The highest BCUT2D eigenvalue weighted by molar-refractivity contribution is 7.15. The number of nitrogens with zero attached hydrogens (tertiary/aromatic N) is 1. The molecule has 3 N–H and O–H groups in total. The fraction of sp³-hybridized carbons (Fsp3) is 0.514. The molecule has 0 aliphatic heterocycles. The summed E-state index contributed by atoms with van der Waals surface area (Å²) < 4.78 is 0. The smallest absolute Gasteiger partial charge is 0.227 e. The van der Waals surface area contributed by atoms with Gasteiger partial charge in [-0.1, -0.05) is 86.8 Å². The number of rotatable bonds is 21. The quantitative estimate of drug-likeness (QED) is 0.127. The van der Waals surface area contributed by atoms with Gasteiger partial charge in [-0.25, -0.2) is 4.98 Å². The summed E-state index contributed by atoms with van der Waals surface area (Å²) in [4.78, 5) is 30.3. The van der Waals surface area contributed by atoms with Crippen molar-refractivity contribution in [3.05, 3.63) is 83.5 Å². The number of allylic oxidation sites excluding steroid dienone is 12. The van der Waals surface area contributed by atoms with E-state index in [1.54, 1.807) is 11.3 Å². The van der Waals surface area contributed by atoms with Crippen LogP contribution in [0.4, 0.5) is 5.13 Å². The van der Waals surface area contributed by atoms with Crippen LogP contribution in [0.15, 0.2) is 72.9 Å². The number of amides is 2. The molecule has 0 saturated carbocycles. The van der Waals surface area contributed by atoms with Crippen molar-refractivity contribution in [2.45, 2.75) is 103 Å². The average Bonchev–Trinajstić information content (AvgIpc) is 3.38. The van der Waals surface area contributed by atoms with Crippen LogP contribution >= 0.6 is 11.3 Å². The average molecular weight is 593 g/mol. The summed E-state index contributed by atoms with van der Waals surface area (Å²) in [5, 5.41) is 10.0.